The maximum absolute atomic E-state index is 6.04. The van der Waals surface area contributed by atoms with E-state index in [0.29, 0.717) is 36.7 Å². The number of hydrogen-bond donors (Lipinski definition) is 1. The zero-order valence-corrected chi connectivity index (χ0v) is 16.2. The van der Waals surface area contributed by atoms with Crippen LogP contribution in [-0.4, -0.2) is 40.8 Å². The van der Waals surface area contributed by atoms with Gasteiger partial charge in [0.2, 0.25) is 0 Å². The van der Waals surface area contributed by atoms with Crippen molar-refractivity contribution in [3.63, 3.8) is 0 Å². The smallest absolute Gasteiger partial charge is 0.292 e. The molecule has 146 valence electrons. The van der Waals surface area contributed by atoms with Gasteiger partial charge >= 0.3 is 0 Å². The molecule has 1 atom stereocenters. The normalized spacial score (nSPS) is 21.2. The van der Waals surface area contributed by atoms with Gasteiger partial charge in [-0.05, 0) is 39.0 Å². The lowest BCUT2D eigenvalue weighted by Crippen LogP contribution is -2.44. The van der Waals surface area contributed by atoms with E-state index < -0.39 is 5.60 Å². The maximum Gasteiger partial charge on any atom is 0.292 e. The minimum Gasteiger partial charge on any atom is -0.424 e. The molecule has 1 aromatic carbocycles. The molecule has 2 aliphatic rings. The predicted octanol–water partition coefficient (Wildman–Crippen LogP) is 2.86. The SMILES string of the molecule is C[C@H]1COCCN1c1nc(-c2ccc3oc(N)nc3c2)nc2c1COC2(C)C. The van der Waals surface area contributed by atoms with Gasteiger partial charge in [0.05, 0.1) is 31.6 Å². The molecule has 0 amide bonds. The minimum atomic E-state index is -0.459. The molecule has 0 aliphatic carbocycles. The number of anilines is 2. The van der Waals surface area contributed by atoms with Crippen LogP contribution >= 0.6 is 0 Å². The zero-order chi connectivity index (χ0) is 19.5. The van der Waals surface area contributed by atoms with Crippen molar-refractivity contribution in [2.45, 2.75) is 39.0 Å². The van der Waals surface area contributed by atoms with Gasteiger partial charge in [0.1, 0.15) is 16.9 Å². The fourth-order valence-corrected chi connectivity index (χ4v) is 3.92. The van der Waals surface area contributed by atoms with E-state index in [4.69, 9.17) is 29.6 Å². The van der Waals surface area contributed by atoms with Crippen molar-refractivity contribution in [3.05, 3.63) is 29.5 Å². The lowest BCUT2D eigenvalue weighted by Gasteiger charge is -2.35. The summed E-state index contributed by atoms with van der Waals surface area (Å²) in [4.78, 5) is 16.4. The molecule has 0 bridgehead atoms. The summed E-state index contributed by atoms with van der Waals surface area (Å²) in [6, 6.07) is 6.08. The Hall–Kier alpha value is -2.71. The number of benzene rings is 1. The molecule has 0 spiro atoms. The minimum absolute atomic E-state index is 0.152. The van der Waals surface area contributed by atoms with Crippen molar-refractivity contribution in [2.24, 2.45) is 0 Å². The first-order valence-electron chi connectivity index (χ1n) is 9.48. The first kappa shape index (κ1) is 17.4. The molecular weight excluding hydrogens is 358 g/mol. The van der Waals surface area contributed by atoms with E-state index in [1.165, 1.54) is 0 Å². The first-order valence-corrected chi connectivity index (χ1v) is 9.48. The Morgan fingerprint density at radius 3 is 2.89 bits per heavy atom. The van der Waals surface area contributed by atoms with Crippen molar-refractivity contribution in [1.29, 1.82) is 0 Å². The largest absolute Gasteiger partial charge is 0.424 e. The Labute approximate surface area is 162 Å². The summed E-state index contributed by atoms with van der Waals surface area (Å²) >= 11 is 0. The molecule has 0 radical (unpaired) electrons. The highest BCUT2D eigenvalue weighted by Gasteiger charge is 2.38. The van der Waals surface area contributed by atoms with Crippen LogP contribution in [0, 0.1) is 0 Å². The standard InChI is InChI=1S/C20H23N5O3/c1-11-9-26-7-6-25(11)18-13-10-27-20(2,3)16(13)23-17(24-18)12-4-5-15-14(8-12)22-19(21)28-15/h4-5,8,11H,6-7,9-10H2,1-3H3,(H2,21,22)/t11-/m0/s1. The van der Waals surface area contributed by atoms with E-state index in [1.807, 2.05) is 32.0 Å². The van der Waals surface area contributed by atoms with E-state index in [-0.39, 0.29) is 12.1 Å². The van der Waals surface area contributed by atoms with Gasteiger partial charge in [-0.2, -0.15) is 4.98 Å². The molecule has 8 nitrogen and oxygen atoms in total. The summed E-state index contributed by atoms with van der Waals surface area (Å²) in [6.45, 7) is 8.92. The monoisotopic (exact) mass is 381 g/mol. The van der Waals surface area contributed by atoms with Gasteiger partial charge in [0.15, 0.2) is 11.4 Å². The second-order valence-electron chi connectivity index (χ2n) is 7.85. The third-order valence-electron chi connectivity index (χ3n) is 5.43. The van der Waals surface area contributed by atoms with E-state index in [2.05, 4.69) is 16.8 Å². The number of hydrogen-bond acceptors (Lipinski definition) is 8. The third kappa shape index (κ3) is 2.71. The highest BCUT2D eigenvalue weighted by Crippen LogP contribution is 2.40. The predicted molar refractivity (Wildman–Crippen MR) is 105 cm³/mol. The summed E-state index contributed by atoms with van der Waals surface area (Å²) in [5.74, 6) is 1.58. The van der Waals surface area contributed by atoms with Crippen molar-refractivity contribution < 1.29 is 13.9 Å². The molecule has 8 heteroatoms. The molecule has 28 heavy (non-hydrogen) atoms. The molecule has 0 unspecified atom stereocenters. The zero-order valence-electron chi connectivity index (χ0n) is 16.2. The highest BCUT2D eigenvalue weighted by atomic mass is 16.5. The highest BCUT2D eigenvalue weighted by molar-refractivity contribution is 5.80. The fraction of sp³-hybridized carbons (Fsp3) is 0.450. The van der Waals surface area contributed by atoms with Gasteiger partial charge in [-0.15, -0.1) is 0 Å². The van der Waals surface area contributed by atoms with Crippen molar-refractivity contribution >= 4 is 22.9 Å². The summed E-state index contributed by atoms with van der Waals surface area (Å²) in [6.07, 6.45) is 0. The number of rotatable bonds is 2. The maximum atomic E-state index is 6.04. The average Bonchev–Trinajstić information content (AvgIpc) is 3.19. The molecule has 3 aromatic rings. The summed E-state index contributed by atoms with van der Waals surface area (Å²) in [5.41, 5.74) is 9.43. The van der Waals surface area contributed by atoms with Gasteiger partial charge in [-0.3, -0.25) is 0 Å². The lowest BCUT2D eigenvalue weighted by atomic mass is 10.0. The topological polar surface area (TPSA) is 99.5 Å². The van der Waals surface area contributed by atoms with Gasteiger partial charge in [-0.1, -0.05) is 0 Å². The second-order valence-corrected chi connectivity index (χ2v) is 7.85. The van der Waals surface area contributed by atoms with Crippen LogP contribution < -0.4 is 10.6 Å². The lowest BCUT2D eigenvalue weighted by molar-refractivity contribution is -0.0100. The van der Waals surface area contributed by atoms with Crippen LogP contribution in [0.3, 0.4) is 0 Å². The molecule has 2 aliphatic heterocycles. The average molecular weight is 381 g/mol. The molecule has 1 saturated heterocycles. The Balaban J connectivity index is 1.68. The first-order chi connectivity index (χ1) is 13.4. The Morgan fingerprint density at radius 1 is 1.21 bits per heavy atom. The molecule has 4 heterocycles. The van der Waals surface area contributed by atoms with Gasteiger partial charge < -0.3 is 24.5 Å². The Morgan fingerprint density at radius 2 is 2.07 bits per heavy atom. The van der Waals surface area contributed by atoms with Crippen molar-refractivity contribution in [3.8, 4) is 11.4 Å². The Kier molecular flexibility index (Phi) is 3.82. The third-order valence-corrected chi connectivity index (χ3v) is 5.43. The summed E-state index contributed by atoms with van der Waals surface area (Å²) in [5, 5.41) is 0. The number of nitrogen functional groups attached to an aromatic ring is 1. The number of nitrogens with two attached hydrogens (primary N) is 1. The van der Waals surface area contributed by atoms with E-state index >= 15 is 0 Å². The van der Waals surface area contributed by atoms with E-state index in [9.17, 15) is 0 Å². The van der Waals surface area contributed by atoms with Crippen LogP contribution in [0.2, 0.25) is 0 Å². The number of ether oxygens (including phenoxy) is 2. The van der Waals surface area contributed by atoms with Crippen LogP contribution in [0.1, 0.15) is 32.0 Å². The quantitative estimate of drug-likeness (QED) is 0.723. The molecule has 1 fully saturated rings. The van der Waals surface area contributed by atoms with Crippen LogP contribution in [0.5, 0.6) is 0 Å². The molecule has 2 aromatic heterocycles. The van der Waals surface area contributed by atoms with Gasteiger partial charge in [0, 0.05) is 17.7 Å². The number of aromatic nitrogens is 3. The van der Waals surface area contributed by atoms with Gasteiger partial charge in [-0.25, -0.2) is 9.97 Å². The van der Waals surface area contributed by atoms with Crippen LogP contribution in [0.15, 0.2) is 22.6 Å². The van der Waals surface area contributed by atoms with E-state index in [0.717, 1.165) is 29.2 Å². The second kappa shape index (κ2) is 6.15. The van der Waals surface area contributed by atoms with Crippen molar-refractivity contribution in [1.82, 2.24) is 15.0 Å². The molecule has 2 N–H and O–H groups in total. The molecule has 0 saturated carbocycles. The number of fused-ring (bicyclic) bond motifs is 2. The van der Waals surface area contributed by atoms with Crippen LogP contribution in [0.25, 0.3) is 22.5 Å². The number of morpholine rings is 1. The molecular formula is C20H23N5O3. The van der Waals surface area contributed by atoms with Gasteiger partial charge in [0.25, 0.3) is 6.01 Å². The van der Waals surface area contributed by atoms with Crippen LogP contribution in [-0.2, 0) is 21.7 Å². The fourth-order valence-electron chi connectivity index (χ4n) is 3.92. The van der Waals surface area contributed by atoms with E-state index in [1.54, 1.807) is 0 Å². The van der Waals surface area contributed by atoms with Crippen molar-refractivity contribution in [2.75, 3.05) is 30.4 Å². The number of oxazole rings is 1. The summed E-state index contributed by atoms with van der Waals surface area (Å²) in [7, 11) is 0. The van der Waals surface area contributed by atoms with Crippen LogP contribution in [0.4, 0.5) is 11.8 Å². The Bertz CT molecular complexity index is 1060. The summed E-state index contributed by atoms with van der Waals surface area (Å²) < 4.78 is 17.0. The number of nitrogens with zero attached hydrogens (tertiary/aromatic N) is 4. The molecule has 5 rings (SSSR count).